The molecule has 0 aliphatic carbocycles. The van der Waals surface area contributed by atoms with E-state index in [2.05, 4.69) is 19.2 Å². The van der Waals surface area contributed by atoms with Crippen LogP contribution in [0.3, 0.4) is 0 Å². The number of hydrogen-bond donors (Lipinski definition) is 2. The highest BCUT2D eigenvalue weighted by Crippen LogP contribution is 2.16. The third-order valence-corrected chi connectivity index (χ3v) is 3.06. The van der Waals surface area contributed by atoms with E-state index in [4.69, 9.17) is 9.84 Å². The summed E-state index contributed by atoms with van der Waals surface area (Å²) < 4.78 is 5.28. The van der Waals surface area contributed by atoms with Crippen molar-refractivity contribution in [3.63, 3.8) is 0 Å². The van der Waals surface area contributed by atoms with Crippen molar-refractivity contribution >= 4 is 11.9 Å². The van der Waals surface area contributed by atoms with Gasteiger partial charge in [-0.3, -0.25) is 9.59 Å². The van der Waals surface area contributed by atoms with Crippen LogP contribution in [-0.2, 0) is 14.3 Å². The number of aliphatic carboxylic acids is 1. The van der Waals surface area contributed by atoms with Gasteiger partial charge in [0.2, 0.25) is 5.91 Å². The lowest BCUT2D eigenvalue weighted by atomic mass is 9.94. The second-order valence-electron chi connectivity index (χ2n) is 5.34. The number of ether oxygens (including phenoxy) is 1. The van der Waals surface area contributed by atoms with E-state index >= 15 is 0 Å². The van der Waals surface area contributed by atoms with Crippen molar-refractivity contribution in [2.75, 3.05) is 13.2 Å². The molecule has 104 valence electrons. The molecule has 1 fully saturated rings. The average molecular weight is 257 g/mol. The minimum Gasteiger partial charge on any atom is -0.481 e. The molecule has 0 aromatic rings. The van der Waals surface area contributed by atoms with E-state index in [1.807, 2.05) is 0 Å². The molecule has 0 radical (unpaired) electrons. The molecule has 1 unspecified atom stereocenters. The molecule has 0 spiro atoms. The molecule has 0 aromatic carbocycles. The van der Waals surface area contributed by atoms with E-state index in [0.29, 0.717) is 19.1 Å². The van der Waals surface area contributed by atoms with Crippen LogP contribution in [0.15, 0.2) is 0 Å². The fourth-order valence-corrected chi connectivity index (χ4v) is 2.30. The Morgan fingerprint density at radius 3 is 2.67 bits per heavy atom. The molecule has 0 bridgehead atoms. The zero-order valence-corrected chi connectivity index (χ0v) is 11.1. The summed E-state index contributed by atoms with van der Waals surface area (Å²) >= 11 is 0. The number of amides is 1. The maximum atomic E-state index is 11.7. The van der Waals surface area contributed by atoms with Gasteiger partial charge in [-0.1, -0.05) is 13.8 Å². The Bertz CT molecular complexity index is 285. The maximum Gasteiger partial charge on any atom is 0.303 e. The van der Waals surface area contributed by atoms with Gasteiger partial charge in [-0.2, -0.15) is 0 Å². The van der Waals surface area contributed by atoms with E-state index in [9.17, 15) is 9.59 Å². The normalized spacial score (nSPS) is 20.9. The van der Waals surface area contributed by atoms with Gasteiger partial charge in [0.1, 0.15) is 6.10 Å². The molecule has 1 saturated heterocycles. The third kappa shape index (κ3) is 5.49. The smallest absolute Gasteiger partial charge is 0.303 e. The first-order chi connectivity index (χ1) is 8.49. The van der Waals surface area contributed by atoms with Crippen molar-refractivity contribution in [3.8, 4) is 0 Å². The molecule has 1 heterocycles. The quantitative estimate of drug-likeness (QED) is 0.723. The fourth-order valence-electron chi connectivity index (χ4n) is 2.30. The van der Waals surface area contributed by atoms with Crippen LogP contribution in [0.1, 0.15) is 39.5 Å². The van der Waals surface area contributed by atoms with Gasteiger partial charge in [-0.05, 0) is 31.1 Å². The number of carboxylic acid groups (broad SMARTS) is 1. The Hall–Kier alpha value is -1.10. The molecule has 18 heavy (non-hydrogen) atoms. The second kappa shape index (κ2) is 7.36. The van der Waals surface area contributed by atoms with Crippen LogP contribution in [-0.4, -0.2) is 36.2 Å². The van der Waals surface area contributed by atoms with Gasteiger partial charge < -0.3 is 15.2 Å². The molecular weight excluding hydrogens is 234 g/mol. The maximum absolute atomic E-state index is 11.7. The Labute approximate surface area is 108 Å². The summed E-state index contributed by atoms with van der Waals surface area (Å²) in [6.45, 7) is 5.17. The number of carboxylic acids is 1. The fraction of sp³-hybridized carbons (Fsp3) is 0.846. The molecule has 5 nitrogen and oxygen atoms in total. The SMILES string of the molecule is CC(C)CC(CNC(=O)[C@@H]1CCCO1)CC(=O)O. The van der Waals surface area contributed by atoms with Crippen LogP contribution in [0.2, 0.25) is 0 Å². The standard InChI is InChI=1S/C13H23NO4/c1-9(2)6-10(7-12(15)16)8-14-13(17)11-4-3-5-18-11/h9-11H,3-8H2,1-2H3,(H,14,17)(H,15,16)/t10?,11-/m0/s1. The highest BCUT2D eigenvalue weighted by molar-refractivity contribution is 5.81. The van der Waals surface area contributed by atoms with Crippen molar-refractivity contribution in [1.29, 1.82) is 0 Å². The molecule has 1 aliphatic rings. The lowest BCUT2D eigenvalue weighted by Gasteiger charge is -2.19. The molecule has 2 N–H and O–H groups in total. The Morgan fingerprint density at radius 1 is 1.44 bits per heavy atom. The first-order valence-electron chi connectivity index (χ1n) is 6.60. The minimum absolute atomic E-state index is 0.00662. The molecule has 1 rings (SSSR count). The van der Waals surface area contributed by atoms with Crippen LogP contribution in [0.5, 0.6) is 0 Å². The molecular formula is C13H23NO4. The lowest BCUT2D eigenvalue weighted by molar-refractivity contribution is -0.138. The van der Waals surface area contributed by atoms with Gasteiger partial charge in [0.15, 0.2) is 0 Å². The summed E-state index contributed by atoms with van der Waals surface area (Å²) in [5, 5.41) is 11.6. The molecule has 2 atom stereocenters. The van der Waals surface area contributed by atoms with Gasteiger partial charge in [0, 0.05) is 19.6 Å². The first-order valence-corrected chi connectivity index (χ1v) is 6.60. The summed E-state index contributed by atoms with van der Waals surface area (Å²) in [6.07, 6.45) is 2.25. The van der Waals surface area contributed by atoms with Crippen LogP contribution in [0.25, 0.3) is 0 Å². The Kier molecular flexibility index (Phi) is 6.12. The second-order valence-corrected chi connectivity index (χ2v) is 5.34. The number of nitrogens with one attached hydrogen (secondary N) is 1. The van der Waals surface area contributed by atoms with Crippen LogP contribution < -0.4 is 5.32 Å². The Morgan fingerprint density at radius 2 is 2.17 bits per heavy atom. The van der Waals surface area contributed by atoms with Crippen molar-refractivity contribution in [3.05, 3.63) is 0 Å². The van der Waals surface area contributed by atoms with E-state index in [-0.39, 0.29) is 24.3 Å². The lowest BCUT2D eigenvalue weighted by Crippen LogP contribution is -2.37. The van der Waals surface area contributed by atoms with Crippen molar-refractivity contribution in [2.24, 2.45) is 11.8 Å². The molecule has 1 aliphatic heterocycles. The number of carbonyl (C=O) groups is 2. The Balaban J connectivity index is 2.35. The number of hydrogen-bond acceptors (Lipinski definition) is 3. The first kappa shape index (κ1) is 15.0. The zero-order valence-electron chi connectivity index (χ0n) is 11.1. The zero-order chi connectivity index (χ0) is 13.5. The van der Waals surface area contributed by atoms with Crippen molar-refractivity contribution in [2.45, 2.75) is 45.6 Å². The summed E-state index contributed by atoms with van der Waals surface area (Å²) in [5.74, 6) is -0.500. The third-order valence-electron chi connectivity index (χ3n) is 3.06. The molecule has 5 heteroatoms. The van der Waals surface area contributed by atoms with E-state index < -0.39 is 5.97 Å². The summed E-state index contributed by atoms with van der Waals surface area (Å²) in [4.78, 5) is 22.5. The van der Waals surface area contributed by atoms with Crippen LogP contribution >= 0.6 is 0 Å². The predicted octanol–water partition coefficient (Wildman–Crippen LogP) is 1.42. The average Bonchev–Trinajstić information content (AvgIpc) is 2.77. The molecule has 0 saturated carbocycles. The summed E-state index contributed by atoms with van der Waals surface area (Å²) in [6, 6.07) is 0. The van der Waals surface area contributed by atoms with Gasteiger partial charge >= 0.3 is 5.97 Å². The summed E-state index contributed by atoms with van der Waals surface area (Å²) in [5.41, 5.74) is 0. The summed E-state index contributed by atoms with van der Waals surface area (Å²) in [7, 11) is 0. The van der Waals surface area contributed by atoms with E-state index in [0.717, 1.165) is 19.3 Å². The van der Waals surface area contributed by atoms with E-state index in [1.54, 1.807) is 0 Å². The largest absolute Gasteiger partial charge is 0.481 e. The highest BCUT2D eigenvalue weighted by Gasteiger charge is 2.24. The predicted molar refractivity (Wildman–Crippen MR) is 67.2 cm³/mol. The van der Waals surface area contributed by atoms with Crippen molar-refractivity contribution in [1.82, 2.24) is 5.32 Å². The van der Waals surface area contributed by atoms with Crippen LogP contribution in [0.4, 0.5) is 0 Å². The van der Waals surface area contributed by atoms with Gasteiger partial charge in [0.25, 0.3) is 0 Å². The molecule has 1 amide bonds. The van der Waals surface area contributed by atoms with Gasteiger partial charge in [-0.25, -0.2) is 0 Å². The number of rotatable bonds is 7. The topological polar surface area (TPSA) is 75.6 Å². The van der Waals surface area contributed by atoms with Crippen molar-refractivity contribution < 1.29 is 19.4 Å². The van der Waals surface area contributed by atoms with Gasteiger partial charge in [0.05, 0.1) is 0 Å². The van der Waals surface area contributed by atoms with Gasteiger partial charge in [-0.15, -0.1) is 0 Å². The molecule has 0 aromatic heterocycles. The monoisotopic (exact) mass is 257 g/mol. The minimum atomic E-state index is -0.813. The van der Waals surface area contributed by atoms with Crippen LogP contribution in [0, 0.1) is 11.8 Å². The highest BCUT2D eigenvalue weighted by atomic mass is 16.5. The number of carbonyl (C=O) groups excluding carboxylic acids is 1. The van der Waals surface area contributed by atoms with E-state index in [1.165, 1.54) is 0 Å².